The summed E-state index contributed by atoms with van der Waals surface area (Å²) in [7, 11) is -3.59. The van der Waals surface area contributed by atoms with Crippen LogP contribution in [0.15, 0.2) is 47.4 Å². The summed E-state index contributed by atoms with van der Waals surface area (Å²) in [5.41, 5.74) is 2.65. The van der Waals surface area contributed by atoms with E-state index in [9.17, 15) is 8.42 Å². The van der Waals surface area contributed by atoms with E-state index >= 15 is 0 Å². The Bertz CT molecular complexity index is 752. The van der Waals surface area contributed by atoms with Gasteiger partial charge in [-0.05, 0) is 35.7 Å². The van der Waals surface area contributed by atoms with Crippen molar-refractivity contribution in [3.8, 4) is 5.75 Å². The quantitative estimate of drug-likeness (QED) is 0.944. The van der Waals surface area contributed by atoms with Crippen molar-refractivity contribution in [1.82, 2.24) is 0 Å². The van der Waals surface area contributed by atoms with Crippen LogP contribution in [0, 0.1) is 0 Å². The van der Waals surface area contributed by atoms with Crippen LogP contribution in [0.25, 0.3) is 0 Å². The number of para-hydroxylation sites is 1. The van der Waals surface area contributed by atoms with Gasteiger partial charge in [-0.3, -0.25) is 4.72 Å². The van der Waals surface area contributed by atoms with E-state index in [4.69, 9.17) is 4.74 Å². The number of benzene rings is 2. The van der Waals surface area contributed by atoms with Crippen LogP contribution in [-0.2, 0) is 22.9 Å². The summed E-state index contributed by atoms with van der Waals surface area (Å²) < 4.78 is 33.0. The van der Waals surface area contributed by atoms with Crippen LogP contribution in [0.2, 0.25) is 0 Å². The van der Waals surface area contributed by atoms with E-state index in [-0.39, 0.29) is 4.90 Å². The molecule has 3 rings (SSSR count). The van der Waals surface area contributed by atoms with Crippen molar-refractivity contribution < 1.29 is 13.2 Å². The van der Waals surface area contributed by atoms with Gasteiger partial charge in [-0.2, -0.15) is 0 Å². The van der Waals surface area contributed by atoms with Gasteiger partial charge in [0.1, 0.15) is 5.75 Å². The zero-order valence-corrected chi connectivity index (χ0v) is 12.6. The van der Waals surface area contributed by atoms with E-state index in [1.807, 2.05) is 31.2 Å². The largest absolute Gasteiger partial charge is 0.491 e. The lowest BCUT2D eigenvalue weighted by molar-refractivity contribution is 0.358. The van der Waals surface area contributed by atoms with Gasteiger partial charge in [-0.1, -0.05) is 31.2 Å². The van der Waals surface area contributed by atoms with Crippen molar-refractivity contribution in [3.63, 3.8) is 0 Å². The number of fused-ring (bicyclic) bond motifs is 1. The fraction of sp³-hybridized carbons (Fsp3) is 0.250. The van der Waals surface area contributed by atoms with Crippen LogP contribution in [0.4, 0.5) is 5.69 Å². The van der Waals surface area contributed by atoms with Gasteiger partial charge in [0.05, 0.1) is 17.2 Å². The summed E-state index contributed by atoms with van der Waals surface area (Å²) >= 11 is 0. The Morgan fingerprint density at radius 3 is 2.62 bits per heavy atom. The first kappa shape index (κ1) is 13.9. The van der Waals surface area contributed by atoms with Gasteiger partial charge in [-0.15, -0.1) is 0 Å². The molecular formula is C16H17NO3S. The average Bonchev–Trinajstić information content (AvgIpc) is 2.97. The fourth-order valence-corrected chi connectivity index (χ4v) is 3.47. The summed E-state index contributed by atoms with van der Waals surface area (Å²) in [4.78, 5) is 0.260. The molecule has 1 N–H and O–H groups in total. The molecule has 1 heterocycles. The van der Waals surface area contributed by atoms with Crippen molar-refractivity contribution in [3.05, 3.63) is 53.6 Å². The molecule has 0 aromatic heterocycles. The molecule has 0 spiro atoms. The zero-order chi connectivity index (χ0) is 14.9. The number of rotatable bonds is 4. The van der Waals surface area contributed by atoms with Crippen LogP contribution in [-0.4, -0.2) is 15.0 Å². The highest BCUT2D eigenvalue weighted by Crippen LogP contribution is 2.34. The first-order chi connectivity index (χ1) is 10.1. The predicted octanol–water partition coefficient (Wildman–Crippen LogP) is 2.98. The number of anilines is 1. The average molecular weight is 303 g/mol. The smallest absolute Gasteiger partial charge is 0.262 e. The third-order valence-electron chi connectivity index (χ3n) is 3.60. The molecule has 0 amide bonds. The number of sulfonamides is 1. The van der Waals surface area contributed by atoms with Crippen LogP contribution in [0.1, 0.15) is 18.1 Å². The van der Waals surface area contributed by atoms with Crippen molar-refractivity contribution in [1.29, 1.82) is 0 Å². The Morgan fingerprint density at radius 1 is 1.14 bits per heavy atom. The Morgan fingerprint density at radius 2 is 1.90 bits per heavy atom. The maximum absolute atomic E-state index is 12.4. The predicted molar refractivity (Wildman–Crippen MR) is 82.3 cm³/mol. The molecule has 0 radical (unpaired) electrons. The second-order valence-corrected chi connectivity index (χ2v) is 6.68. The zero-order valence-electron chi connectivity index (χ0n) is 11.8. The number of nitrogens with one attached hydrogen (secondary N) is 1. The molecule has 0 bridgehead atoms. The lowest BCUT2D eigenvalue weighted by atomic mass is 10.1. The summed E-state index contributed by atoms with van der Waals surface area (Å²) in [5.74, 6) is 0.645. The van der Waals surface area contributed by atoms with Gasteiger partial charge in [0.25, 0.3) is 10.0 Å². The number of hydrogen-bond acceptors (Lipinski definition) is 3. The van der Waals surface area contributed by atoms with Crippen molar-refractivity contribution >= 4 is 15.7 Å². The molecule has 0 unspecified atom stereocenters. The highest BCUT2D eigenvalue weighted by atomic mass is 32.2. The highest BCUT2D eigenvalue weighted by Gasteiger charge is 2.20. The number of ether oxygens (including phenoxy) is 1. The van der Waals surface area contributed by atoms with E-state index in [0.717, 1.165) is 24.0 Å². The van der Waals surface area contributed by atoms with E-state index in [0.29, 0.717) is 18.0 Å². The van der Waals surface area contributed by atoms with Gasteiger partial charge in [0.2, 0.25) is 0 Å². The lowest BCUT2D eigenvalue weighted by Gasteiger charge is -2.11. The monoisotopic (exact) mass is 303 g/mol. The Hall–Kier alpha value is -2.01. The molecule has 1 aliphatic heterocycles. The number of aryl methyl sites for hydroxylation is 1. The Kier molecular flexibility index (Phi) is 3.59. The van der Waals surface area contributed by atoms with E-state index in [1.54, 1.807) is 18.2 Å². The molecule has 4 nitrogen and oxygen atoms in total. The minimum Gasteiger partial charge on any atom is -0.491 e. The van der Waals surface area contributed by atoms with Crippen molar-refractivity contribution in [2.75, 3.05) is 11.3 Å². The topological polar surface area (TPSA) is 55.4 Å². The second-order valence-electron chi connectivity index (χ2n) is 5.00. The van der Waals surface area contributed by atoms with E-state index in [1.165, 1.54) is 0 Å². The van der Waals surface area contributed by atoms with Gasteiger partial charge >= 0.3 is 0 Å². The van der Waals surface area contributed by atoms with Gasteiger partial charge in [-0.25, -0.2) is 8.42 Å². The van der Waals surface area contributed by atoms with Gasteiger partial charge in [0.15, 0.2) is 0 Å². The highest BCUT2D eigenvalue weighted by molar-refractivity contribution is 7.92. The van der Waals surface area contributed by atoms with Gasteiger partial charge in [0, 0.05) is 6.42 Å². The minimum atomic E-state index is -3.59. The summed E-state index contributed by atoms with van der Waals surface area (Å²) in [6, 6.07) is 12.4. The maximum atomic E-state index is 12.4. The molecule has 1 aliphatic rings. The van der Waals surface area contributed by atoms with Crippen LogP contribution < -0.4 is 9.46 Å². The molecule has 0 saturated carbocycles. The van der Waals surface area contributed by atoms with Crippen molar-refractivity contribution in [2.45, 2.75) is 24.7 Å². The maximum Gasteiger partial charge on any atom is 0.262 e. The van der Waals surface area contributed by atoms with Crippen LogP contribution >= 0.6 is 0 Å². The fourth-order valence-electron chi connectivity index (χ4n) is 2.40. The summed E-state index contributed by atoms with van der Waals surface area (Å²) in [6.45, 7) is 2.63. The molecule has 2 aromatic carbocycles. The molecule has 0 saturated heterocycles. The molecule has 0 fully saturated rings. The summed E-state index contributed by atoms with van der Waals surface area (Å²) in [6.07, 6.45) is 1.70. The number of hydrogen-bond donors (Lipinski definition) is 1. The molecule has 5 heteroatoms. The molecule has 110 valence electrons. The minimum absolute atomic E-state index is 0.260. The summed E-state index contributed by atoms with van der Waals surface area (Å²) in [5, 5.41) is 0. The normalized spacial score (nSPS) is 13.6. The molecule has 0 aliphatic carbocycles. The van der Waals surface area contributed by atoms with E-state index < -0.39 is 10.0 Å². The Balaban J connectivity index is 1.91. The van der Waals surface area contributed by atoms with Crippen molar-refractivity contribution in [2.24, 2.45) is 0 Å². The standard InChI is InChI=1S/C16H17NO3S/c1-2-12-6-8-14(9-7-12)21(18,19)17-15-5-3-4-13-10-11-20-16(13)15/h3-9,17H,2,10-11H2,1H3. The van der Waals surface area contributed by atoms with E-state index in [2.05, 4.69) is 4.72 Å². The molecule has 21 heavy (non-hydrogen) atoms. The molecular weight excluding hydrogens is 286 g/mol. The van der Waals surface area contributed by atoms with Gasteiger partial charge < -0.3 is 4.74 Å². The van der Waals surface area contributed by atoms with Crippen LogP contribution in [0.5, 0.6) is 5.75 Å². The SMILES string of the molecule is CCc1ccc(S(=O)(=O)Nc2cccc3c2OCC3)cc1. The Labute approximate surface area is 124 Å². The molecule has 0 atom stereocenters. The third-order valence-corrected chi connectivity index (χ3v) is 4.98. The first-order valence-corrected chi connectivity index (χ1v) is 8.45. The lowest BCUT2D eigenvalue weighted by Crippen LogP contribution is -2.13. The molecule has 2 aromatic rings. The third kappa shape index (κ3) is 2.74. The second kappa shape index (κ2) is 5.41. The van der Waals surface area contributed by atoms with Crippen LogP contribution in [0.3, 0.4) is 0 Å². The first-order valence-electron chi connectivity index (χ1n) is 6.96.